The Morgan fingerprint density at radius 2 is 0.649 bits per heavy atom. The van der Waals surface area contributed by atoms with Gasteiger partial charge in [-0.3, -0.25) is 0 Å². The first-order valence-electron chi connectivity index (χ1n) is 19.5. The van der Waals surface area contributed by atoms with Crippen molar-refractivity contribution in [2.75, 3.05) is 0 Å². The van der Waals surface area contributed by atoms with Gasteiger partial charge in [-0.2, -0.15) is 0 Å². The summed E-state index contributed by atoms with van der Waals surface area (Å²) in [5, 5.41) is 5.01. The molecular formula is C54H38N2S. The molecule has 0 aliphatic rings. The van der Waals surface area contributed by atoms with E-state index in [9.17, 15) is 0 Å². The van der Waals surface area contributed by atoms with E-state index >= 15 is 0 Å². The molecule has 0 unspecified atom stereocenters. The van der Waals surface area contributed by atoms with Gasteiger partial charge in [-0.1, -0.05) is 140 Å². The van der Waals surface area contributed by atoms with Gasteiger partial charge in [-0.05, 0) is 102 Å². The molecule has 11 aromatic rings. The Bertz CT molecular complexity index is 3140. The first-order valence-corrected chi connectivity index (χ1v) is 21.1. The molecule has 0 saturated heterocycles. The van der Waals surface area contributed by atoms with Crippen molar-refractivity contribution < 1.29 is 0 Å². The van der Waals surface area contributed by atoms with Crippen molar-refractivity contribution in [1.82, 2.24) is 9.13 Å². The third-order valence-electron chi connectivity index (χ3n) is 11.4. The summed E-state index contributed by atoms with van der Waals surface area (Å²) in [4.78, 5) is 5.19. The number of hydrogen-bond donors (Lipinski definition) is 0. The van der Waals surface area contributed by atoms with E-state index in [4.69, 9.17) is 0 Å². The summed E-state index contributed by atoms with van der Waals surface area (Å²) in [6.45, 7) is 0. The second-order valence-corrected chi connectivity index (χ2v) is 17.7. The van der Waals surface area contributed by atoms with E-state index in [1.165, 1.54) is 74.3 Å². The summed E-state index contributed by atoms with van der Waals surface area (Å²) in [5.74, 6) is 0. The van der Waals surface area contributed by atoms with Gasteiger partial charge < -0.3 is 9.13 Å². The average molecular weight is 747 g/mol. The quantitative estimate of drug-likeness (QED) is 0.154. The third kappa shape index (κ3) is 5.28. The fraction of sp³-hybridized carbons (Fsp3) is 0. The van der Waals surface area contributed by atoms with Crippen LogP contribution in [0.3, 0.4) is 0 Å². The number of para-hydroxylation sites is 3. The van der Waals surface area contributed by atoms with Gasteiger partial charge in [0.25, 0.3) is 0 Å². The summed E-state index contributed by atoms with van der Waals surface area (Å²) >= 11 is 0. The second kappa shape index (κ2) is 13.6. The average Bonchev–Trinajstić information content (AvgIpc) is 3.81. The molecule has 0 aliphatic heterocycles. The van der Waals surface area contributed by atoms with E-state index < -0.39 is 10.0 Å². The van der Waals surface area contributed by atoms with Crippen molar-refractivity contribution in [1.29, 1.82) is 0 Å². The molecule has 2 aromatic heterocycles. The van der Waals surface area contributed by atoms with Crippen LogP contribution >= 0.6 is 10.0 Å². The Morgan fingerprint density at radius 1 is 0.246 bits per heavy atom. The van der Waals surface area contributed by atoms with Gasteiger partial charge in [-0.25, -0.2) is 0 Å². The number of rotatable bonds is 7. The molecule has 3 heteroatoms. The lowest BCUT2D eigenvalue weighted by atomic mass is 10.1. The Labute approximate surface area is 333 Å². The van der Waals surface area contributed by atoms with Crippen molar-refractivity contribution in [2.45, 2.75) is 19.6 Å². The number of aromatic nitrogens is 2. The zero-order valence-corrected chi connectivity index (χ0v) is 32.1. The molecule has 0 saturated carbocycles. The lowest BCUT2D eigenvalue weighted by molar-refractivity contribution is 1.14. The topological polar surface area (TPSA) is 9.86 Å². The molecule has 9 aromatic carbocycles. The van der Waals surface area contributed by atoms with Gasteiger partial charge >= 0.3 is 0 Å². The van der Waals surface area contributed by atoms with E-state index in [2.05, 4.69) is 240 Å². The maximum absolute atomic E-state index is 2.46. The molecule has 0 spiro atoms. The molecule has 57 heavy (non-hydrogen) atoms. The summed E-state index contributed by atoms with van der Waals surface area (Å²) in [6.07, 6.45) is 0. The predicted octanol–water partition coefficient (Wildman–Crippen LogP) is 14.9. The largest absolute Gasteiger partial charge is 0.309 e. The highest BCUT2D eigenvalue weighted by atomic mass is 32.3. The molecule has 0 fully saturated rings. The van der Waals surface area contributed by atoms with Crippen LogP contribution < -0.4 is 0 Å². The van der Waals surface area contributed by atoms with Crippen molar-refractivity contribution >= 4 is 53.6 Å². The highest BCUT2D eigenvalue weighted by Gasteiger charge is 2.34. The molecule has 0 amide bonds. The van der Waals surface area contributed by atoms with Crippen molar-refractivity contribution in [3.05, 3.63) is 231 Å². The fourth-order valence-corrected chi connectivity index (χ4v) is 12.9. The molecule has 0 aliphatic carbocycles. The first-order chi connectivity index (χ1) is 28.3. The minimum atomic E-state index is -1.96. The summed E-state index contributed by atoms with van der Waals surface area (Å²) in [5.41, 5.74) is 9.54. The van der Waals surface area contributed by atoms with Crippen LogP contribution in [0.4, 0.5) is 0 Å². The van der Waals surface area contributed by atoms with Gasteiger partial charge in [-0.15, -0.1) is 10.0 Å². The fourth-order valence-electron chi connectivity index (χ4n) is 8.95. The maximum Gasteiger partial charge on any atom is 0.0542 e. The Morgan fingerprint density at radius 3 is 1.23 bits per heavy atom. The van der Waals surface area contributed by atoms with Crippen molar-refractivity contribution in [3.63, 3.8) is 0 Å². The van der Waals surface area contributed by atoms with E-state index in [0.717, 1.165) is 11.4 Å². The monoisotopic (exact) mass is 746 g/mol. The number of hydrogen-bond acceptors (Lipinski definition) is 0. The van der Waals surface area contributed by atoms with Crippen LogP contribution in [0.1, 0.15) is 0 Å². The highest BCUT2D eigenvalue weighted by Crippen LogP contribution is 2.73. The smallest absolute Gasteiger partial charge is 0.0542 e. The number of benzene rings is 9. The van der Waals surface area contributed by atoms with Crippen LogP contribution in [-0.2, 0) is 0 Å². The van der Waals surface area contributed by atoms with E-state index in [1.807, 2.05) is 0 Å². The minimum Gasteiger partial charge on any atom is -0.309 e. The molecular weight excluding hydrogens is 709 g/mol. The highest BCUT2D eigenvalue weighted by molar-refractivity contribution is 8.34. The van der Waals surface area contributed by atoms with Gasteiger partial charge in [0.05, 0.1) is 22.1 Å². The van der Waals surface area contributed by atoms with E-state index in [-0.39, 0.29) is 0 Å². The Balaban J connectivity index is 1.16. The van der Waals surface area contributed by atoms with Crippen LogP contribution in [-0.4, -0.2) is 9.13 Å². The molecule has 2 nitrogen and oxygen atoms in total. The van der Waals surface area contributed by atoms with Gasteiger partial charge in [0.2, 0.25) is 0 Å². The molecule has 2 heterocycles. The lowest BCUT2D eigenvalue weighted by Gasteiger charge is -2.42. The first kappa shape index (κ1) is 33.3. The van der Waals surface area contributed by atoms with Crippen molar-refractivity contribution in [2.24, 2.45) is 0 Å². The molecule has 0 N–H and O–H groups in total. The maximum atomic E-state index is 2.46. The van der Waals surface area contributed by atoms with Gasteiger partial charge in [0.1, 0.15) is 0 Å². The molecule has 270 valence electrons. The number of fused-ring (bicyclic) bond motifs is 6. The molecule has 11 rings (SSSR count). The normalized spacial score (nSPS) is 12.1. The standard InChI is InChI=1S/C54H38N2S/c1-4-18-39(19-5-1)40-20-16-26-45(36-40)57(43-22-6-2-7-23-43,44-24-8-3-9-25-44)46-27-17-21-41(37-46)55-53-33-15-12-30-49(53)50-38-42(34-35-54(50)55)56-51-31-13-10-28-47(51)48-29-11-14-32-52(48)56/h1-38H. The third-order valence-corrected chi connectivity index (χ3v) is 15.3. The van der Waals surface area contributed by atoms with Crippen LogP contribution in [0, 0.1) is 0 Å². The summed E-state index contributed by atoms with van der Waals surface area (Å²) in [7, 11) is -1.96. The molecule has 0 radical (unpaired) electrons. The Hall–Kier alpha value is -7.07. The SMILES string of the molecule is c1ccc(-c2cccc(S(c3ccccc3)(c3ccccc3)c3cccc(-n4c5ccccc5c5cc(-n6c7ccccc7c7ccccc76)ccc54)c3)c2)cc1. The van der Waals surface area contributed by atoms with Crippen LogP contribution in [0.5, 0.6) is 0 Å². The van der Waals surface area contributed by atoms with Crippen molar-refractivity contribution in [3.8, 4) is 22.5 Å². The zero-order valence-electron chi connectivity index (χ0n) is 31.2. The minimum absolute atomic E-state index is 1.14. The molecule has 0 bridgehead atoms. The van der Waals surface area contributed by atoms with Crippen LogP contribution in [0.25, 0.3) is 66.1 Å². The summed E-state index contributed by atoms with van der Waals surface area (Å²) < 4.78 is 4.88. The molecule has 0 atom stereocenters. The van der Waals surface area contributed by atoms with Gasteiger partial charge in [0, 0.05) is 52.5 Å². The Kier molecular flexibility index (Phi) is 7.94. The predicted molar refractivity (Wildman–Crippen MR) is 241 cm³/mol. The van der Waals surface area contributed by atoms with E-state index in [1.54, 1.807) is 0 Å². The summed E-state index contributed by atoms with van der Waals surface area (Å²) in [6, 6.07) is 84.9. The second-order valence-electron chi connectivity index (χ2n) is 14.6. The van der Waals surface area contributed by atoms with Crippen LogP contribution in [0.2, 0.25) is 0 Å². The zero-order chi connectivity index (χ0) is 37.8. The van der Waals surface area contributed by atoms with E-state index in [0.29, 0.717) is 0 Å². The van der Waals surface area contributed by atoms with Gasteiger partial charge in [0.15, 0.2) is 0 Å². The van der Waals surface area contributed by atoms with Crippen LogP contribution in [0.15, 0.2) is 250 Å². The number of nitrogens with zero attached hydrogens (tertiary/aromatic N) is 2. The lowest BCUT2D eigenvalue weighted by Crippen LogP contribution is -2.06.